The third-order valence-electron chi connectivity index (χ3n) is 9.94. The molecule has 2 aromatic heterocycles. The van der Waals surface area contributed by atoms with E-state index in [1.807, 2.05) is 55.5 Å². The van der Waals surface area contributed by atoms with Gasteiger partial charge in [0.05, 0.1) is 16.6 Å². The fraction of sp³-hybridized carbons (Fsp3) is 0.0213. The zero-order chi connectivity index (χ0) is 34.5. The highest BCUT2D eigenvalue weighted by Gasteiger charge is 2.19. The summed E-state index contributed by atoms with van der Waals surface area (Å²) in [5.74, 6) is 0.429. The fourth-order valence-electron chi connectivity index (χ4n) is 7.60. The largest absolute Gasteiger partial charge is 0.383 e. The smallest absolute Gasteiger partial charge is 0.154 e. The fourth-order valence-corrected chi connectivity index (χ4v) is 7.60. The lowest BCUT2D eigenvalue weighted by Crippen LogP contribution is -2.16. The number of nitrogens with one attached hydrogen (secondary N) is 1. The van der Waals surface area contributed by atoms with Crippen LogP contribution >= 0.6 is 0 Å². The molecule has 4 heteroatoms. The molecule has 3 N–H and O–H groups in total. The molecule has 9 rings (SSSR count). The quantitative estimate of drug-likeness (QED) is 0.105. The number of aliphatic imine (C=N–C) groups is 1. The van der Waals surface area contributed by atoms with Gasteiger partial charge in [-0.2, -0.15) is 0 Å². The number of fused-ring (bicyclic) bond motifs is 7. The monoisotopic (exact) mass is 654 g/mol. The van der Waals surface area contributed by atoms with Crippen molar-refractivity contribution >= 4 is 66.6 Å². The van der Waals surface area contributed by atoms with Gasteiger partial charge in [-0.1, -0.05) is 152 Å². The molecule has 9 aromatic rings. The molecule has 242 valence electrons. The minimum Gasteiger partial charge on any atom is -0.383 e. The normalized spacial score (nSPS) is 12.5. The van der Waals surface area contributed by atoms with Gasteiger partial charge >= 0.3 is 0 Å². The van der Waals surface area contributed by atoms with Gasteiger partial charge in [0.1, 0.15) is 5.84 Å². The van der Waals surface area contributed by atoms with E-state index in [2.05, 4.69) is 131 Å². The van der Waals surface area contributed by atoms with E-state index in [0.717, 1.165) is 49.7 Å². The Morgan fingerprint density at radius 1 is 0.588 bits per heavy atom. The number of nitrogens with two attached hydrogens (primary N) is 1. The summed E-state index contributed by atoms with van der Waals surface area (Å²) in [6.45, 7) is 2.00. The maximum Gasteiger partial charge on any atom is 0.154 e. The summed E-state index contributed by atoms with van der Waals surface area (Å²) in [7, 11) is 0. The lowest BCUT2D eigenvalue weighted by atomic mass is 9.89. The minimum atomic E-state index is 0.116. The Bertz CT molecular complexity index is 2870. The van der Waals surface area contributed by atoms with Gasteiger partial charge in [-0.15, -0.1) is 0 Å². The molecule has 0 radical (unpaired) electrons. The zero-order valence-corrected chi connectivity index (χ0v) is 28.1. The summed E-state index contributed by atoms with van der Waals surface area (Å²) in [4.78, 5) is 4.63. The summed E-state index contributed by atoms with van der Waals surface area (Å²) in [6.07, 6.45) is 8.13. The molecule has 0 amide bonds. The van der Waals surface area contributed by atoms with Crippen molar-refractivity contribution in [3.8, 4) is 22.3 Å². The number of para-hydroxylation sites is 2. The first-order chi connectivity index (χ1) is 25.1. The van der Waals surface area contributed by atoms with Crippen LogP contribution < -0.4 is 5.73 Å². The van der Waals surface area contributed by atoms with Gasteiger partial charge < -0.3 is 10.1 Å². The van der Waals surface area contributed by atoms with E-state index in [-0.39, 0.29) is 5.84 Å². The number of aromatic nitrogens is 1. The van der Waals surface area contributed by atoms with Crippen molar-refractivity contribution in [2.45, 2.75) is 6.92 Å². The lowest BCUT2D eigenvalue weighted by molar-refractivity contribution is 1.37. The zero-order valence-electron chi connectivity index (χ0n) is 28.1. The molecule has 0 aliphatic carbocycles. The average Bonchev–Trinajstić information content (AvgIpc) is 3.70. The molecule has 0 aliphatic heterocycles. The molecule has 0 atom stereocenters. The van der Waals surface area contributed by atoms with Gasteiger partial charge in [-0.25, -0.2) is 4.99 Å². The lowest BCUT2D eigenvalue weighted by Gasteiger charge is -2.16. The van der Waals surface area contributed by atoms with Crippen LogP contribution in [0, 0.1) is 5.41 Å². The number of nitrogens with zero attached hydrogens (tertiary/aromatic N) is 2. The molecule has 0 aliphatic rings. The highest BCUT2D eigenvalue weighted by Crippen LogP contribution is 2.41. The molecule has 0 saturated heterocycles. The van der Waals surface area contributed by atoms with E-state index in [9.17, 15) is 5.41 Å². The van der Waals surface area contributed by atoms with Crippen LogP contribution in [0.15, 0.2) is 169 Å². The Morgan fingerprint density at radius 3 is 1.98 bits per heavy atom. The van der Waals surface area contributed by atoms with E-state index in [4.69, 9.17) is 5.73 Å². The Hall–Kier alpha value is -6.78. The van der Waals surface area contributed by atoms with Crippen LogP contribution in [-0.2, 0) is 0 Å². The first-order valence-corrected chi connectivity index (χ1v) is 17.2. The third-order valence-corrected chi connectivity index (χ3v) is 9.94. The summed E-state index contributed by atoms with van der Waals surface area (Å²) in [6, 6.07) is 50.9. The van der Waals surface area contributed by atoms with Crippen LogP contribution in [0.25, 0.3) is 77.2 Å². The second-order valence-corrected chi connectivity index (χ2v) is 12.9. The molecule has 0 spiro atoms. The van der Waals surface area contributed by atoms with E-state index in [1.54, 1.807) is 0 Å². The molecule has 2 heterocycles. The van der Waals surface area contributed by atoms with Crippen molar-refractivity contribution in [3.63, 3.8) is 0 Å². The van der Waals surface area contributed by atoms with Gasteiger partial charge in [0, 0.05) is 38.2 Å². The topological polar surface area (TPSA) is 66.6 Å². The maximum absolute atomic E-state index is 9.27. The summed E-state index contributed by atoms with van der Waals surface area (Å²) < 4.78 is 2.42. The SMILES string of the molecule is C/C=C\C=C/c1cc(C(=N)N=C(N)c2ccccc2)c(-c2ccc(-c3ccc4c5cccc6c7ccccc7n(c4c3)c65)cc2)c2ccccc12. The Labute approximate surface area is 296 Å². The number of rotatable bonds is 6. The molecule has 7 aromatic carbocycles. The average molecular weight is 655 g/mol. The third kappa shape index (κ3) is 5.00. The van der Waals surface area contributed by atoms with E-state index >= 15 is 0 Å². The molecular weight excluding hydrogens is 621 g/mol. The first-order valence-electron chi connectivity index (χ1n) is 17.2. The van der Waals surface area contributed by atoms with Gasteiger partial charge in [-0.05, 0) is 58.1 Å². The molecule has 4 nitrogen and oxygen atoms in total. The number of allylic oxidation sites excluding steroid dienone is 3. The summed E-state index contributed by atoms with van der Waals surface area (Å²) in [5.41, 5.74) is 17.0. The van der Waals surface area contributed by atoms with Crippen molar-refractivity contribution in [1.29, 1.82) is 5.41 Å². The van der Waals surface area contributed by atoms with Gasteiger partial charge in [0.15, 0.2) is 5.84 Å². The van der Waals surface area contributed by atoms with Crippen LogP contribution in [0.3, 0.4) is 0 Å². The van der Waals surface area contributed by atoms with Gasteiger partial charge in [-0.3, -0.25) is 5.41 Å². The molecule has 0 saturated carbocycles. The van der Waals surface area contributed by atoms with Crippen molar-refractivity contribution < 1.29 is 0 Å². The number of hydrogen-bond acceptors (Lipinski definition) is 1. The molecule has 0 fully saturated rings. The molecule has 51 heavy (non-hydrogen) atoms. The second-order valence-electron chi connectivity index (χ2n) is 12.9. The minimum absolute atomic E-state index is 0.116. The summed E-state index contributed by atoms with van der Waals surface area (Å²) in [5, 5.41) is 16.5. The molecular formula is C47H34N4. The molecule has 0 unspecified atom stereocenters. The van der Waals surface area contributed by atoms with Crippen molar-refractivity contribution in [2.24, 2.45) is 10.7 Å². The van der Waals surface area contributed by atoms with E-state index in [1.165, 1.54) is 38.1 Å². The second kappa shape index (κ2) is 12.3. The van der Waals surface area contributed by atoms with Crippen molar-refractivity contribution in [1.82, 2.24) is 4.40 Å². The van der Waals surface area contributed by atoms with Crippen LogP contribution in [-0.4, -0.2) is 16.1 Å². The van der Waals surface area contributed by atoms with Crippen LogP contribution in [0.4, 0.5) is 0 Å². The van der Waals surface area contributed by atoms with Crippen LogP contribution in [0.1, 0.15) is 23.6 Å². The standard InChI is InChI=1S/C47H34N4/c1-2-3-5-15-34-28-41(47(49)50-46(48)32-13-6-4-7-14-32)44(38-18-9-8-16-35(34)38)31-24-22-30(23-25-31)33-26-27-37-40-20-12-19-39-36-17-10-11-21-42(36)51(45(39)40)43(37)29-33/h2-29H,1H3,(H3,48,49,50)/b3-2-,15-5-. The van der Waals surface area contributed by atoms with Crippen molar-refractivity contribution in [2.75, 3.05) is 0 Å². The molecule has 0 bridgehead atoms. The van der Waals surface area contributed by atoms with E-state index < -0.39 is 0 Å². The first kappa shape index (κ1) is 30.3. The highest BCUT2D eigenvalue weighted by atomic mass is 14.9. The summed E-state index contributed by atoms with van der Waals surface area (Å²) >= 11 is 0. The predicted octanol–water partition coefficient (Wildman–Crippen LogP) is 11.6. The Balaban J connectivity index is 1.19. The Morgan fingerprint density at radius 2 is 1.22 bits per heavy atom. The van der Waals surface area contributed by atoms with Crippen LogP contribution in [0.5, 0.6) is 0 Å². The predicted molar refractivity (Wildman–Crippen MR) is 217 cm³/mol. The number of hydrogen-bond donors (Lipinski definition) is 2. The Kier molecular flexibility index (Phi) is 7.29. The van der Waals surface area contributed by atoms with E-state index in [0.29, 0.717) is 5.84 Å². The van der Waals surface area contributed by atoms with Gasteiger partial charge in [0.25, 0.3) is 0 Å². The van der Waals surface area contributed by atoms with Gasteiger partial charge in [0.2, 0.25) is 0 Å². The maximum atomic E-state index is 9.27. The highest BCUT2D eigenvalue weighted by molar-refractivity contribution is 6.23. The van der Waals surface area contributed by atoms with Crippen molar-refractivity contribution in [3.05, 3.63) is 181 Å². The van der Waals surface area contributed by atoms with Crippen LogP contribution in [0.2, 0.25) is 0 Å². The number of benzene rings is 7. The number of amidine groups is 2.